The van der Waals surface area contributed by atoms with Gasteiger partial charge in [-0.3, -0.25) is 0 Å². The van der Waals surface area contributed by atoms with Gasteiger partial charge in [-0.05, 0) is 69.1 Å². The van der Waals surface area contributed by atoms with Gasteiger partial charge in [0.2, 0.25) is 0 Å². The van der Waals surface area contributed by atoms with Crippen molar-refractivity contribution < 1.29 is 17.6 Å². The topological polar surface area (TPSA) is 0 Å². The molecule has 0 aliphatic rings. The number of halogens is 6. The van der Waals surface area contributed by atoms with E-state index in [0.29, 0.717) is 3.57 Å². The van der Waals surface area contributed by atoms with E-state index < -0.39 is 11.3 Å². The Labute approximate surface area is 109 Å². The molecule has 0 fully saturated rings. The summed E-state index contributed by atoms with van der Waals surface area (Å²) in [5.74, 6) is -0.621. The predicted molar refractivity (Wildman–Crippen MR) is 63.7 cm³/mol. The summed E-state index contributed by atoms with van der Waals surface area (Å²) in [6.45, 7) is 0. The first-order valence-electron chi connectivity index (χ1n) is 3.20. The van der Waals surface area contributed by atoms with Crippen LogP contribution >= 0.6 is 56.9 Å². The van der Waals surface area contributed by atoms with Crippen molar-refractivity contribution in [2.24, 2.45) is 0 Å². The van der Waals surface area contributed by atoms with Gasteiger partial charge in [0.1, 0.15) is 5.82 Å². The first-order chi connectivity index (χ1) is 6.29. The van der Waals surface area contributed by atoms with Crippen LogP contribution in [0.2, 0.25) is 0 Å². The van der Waals surface area contributed by atoms with Crippen LogP contribution in [0.15, 0.2) is 17.0 Å². The van der Waals surface area contributed by atoms with Crippen LogP contribution in [-0.2, 0) is 0 Å². The van der Waals surface area contributed by atoms with Gasteiger partial charge in [0.15, 0.2) is 0 Å². The molecule has 0 aromatic heterocycles. The van der Waals surface area contributed by atoms with Crippen molar-refractivity contribution in [2.75, 3.05) is 0 Å². The third kappa shape index (κ3) is 3.72. The zero-order valence-electron chi connectivity index (χ0n) is 6.33. The fourth-order valence-electron chi connectivity index (χ4n) is 0.731. The van der Waals surface area contributed by atoms with Crippen molar-refractivity contribution >= 4 is 56.9 Å². The summed E-state index contributed by atoms with van der Waals surface area (Å²) in [6.07, 6.45) is 0. The van der Waals surface area contributed by atoms with Gasteiger partial charge in [-0.2, -0.15) is 13.2 Å². The molecule has 14 heavy (non-hydrogen) atoms. The lowest BCUT2D eigenvalue weighted by atomic mass is 10.3. The van der Waals surface area contributed by atoms with Crippen molar-refractivity contribution in [1.29, 1.82) is 0 Å². The fraction of sp³-hybridized carbons (Fsp3) is 0.143. The highest BCUT2D eigenvalue weighted by molar-refractivity contribution is 14.1. The second kappa shape index (κ2) is 4.73. The molecule has 0 spiro atoms. The Kier molecular flexibility index (Phi) is 4.33. The smallest absolute Gasteiger partial charge is 0.206 e. The molecular formula is C7H2F4I2S. The van der Waals surface area contributed by atoms with Crippen LogP contribution in [-0.4, -0.2) is 5.51 Å². The van der Waals surface area contributed by atoms with Gasteiger partial charge in [0.25, 0.3) is 0 Å². The van der Waals surface area contributed by atoms with E-state index in [2.05, 4.69) is 0 Å². The molecular weight excluding hydrogens is 446 g/mol. The van der Waals surface area contributed by atoms with Crippen LogP contribution in [0.25, 0.3) is 0 Å². The van der Waals surface area contributed by atoms with Crippen molar-refractivity contribution in [2.45, 2.75) is 10.4 Å². The molecule has 0 radical (unpaired) electrons. The Morgan fingerprint density at radius 1 is 1.14 bits per heavy atom. The molecule has 0 heterocycles. The number of thioether (sulfide) groups is 1. The second-order valence-electron chi connectivity index (χ2n) is 2.25. The lowest BCUT2D eigenvalue weighted by Crippen LogP contribution is -2.01. The summed E-state index contributed by atoms with van der Waals surface area (Å²) >= 11 is 3.04. The second-order valence-corrected chi connectivity index (χ2v) is 5.68. The molecule has 0 saturated carbocycles. The Hall–Kier alpha value is 0.750. The van der Waals surface area contributed by atoms with Crippen LogP contribution in [0.4, 0.5) is 17.6 Å². The molecule has 78 valence electrons. The van der Waals surface area contributed by atoms with Crippen molar-refractivity contribution in [3.8, 4) is 0 Å². The SMILES string of the molecule is Fc1cc(I)cc(SC(F)(F)F)c1I. The average Bonchev–Trinajstić information content (AvgIpc) is 1.96. The molecule has 0 saturated heterocycles. The van der Waals surface area contributed by atoms with Gasteiger partial charge < -0.3 is 0 Å². The Morgan fingerprint density at radius 3 is 2.21 bits per heavy atom. The predicted octanol–water partition coefficient (Wildman–Crippen LogP) is 4.65. The minimum Gasteiger partial charge on any atom is -0.206 e. The lowest BCUT2D eigenvalue weighted by molar-refractivity contribution is -0.0328. The van der Waals surface area contributed by atoms with Crippen LogP contribution in [0.5, 0.6) is 0 Å². The molecule has 7 heteroatoms. The van der Waals surface area contributed by atoms with Gasteiger partial charge in [-0.1, -0.05) is 0 Å². The number of hydrogen-bond donors (Lipinski definition) is 0. The van der Waals surface area contributed by atoms with Crippen molar-refractivity contribution in [1.82, 2.24) is 0 Å². The van der Waals surface area contributed by atoms with Gasteiger partial charge in [0.05, 0.1) is 3.57 Å². The highest BCUT2D eigenvalue weighted by Gasteiger charge is 2.30. The quantitative estimate of drug-likeness (QED) is 0.261. The standard InChI is InChI=1S/C7H2F4I2S/c8-4-1-3(12)2-5(6(4)13)14-7(9,10)11/h1-2H. The maximum absolute atomic E-state index is 13.0. The first-order valence-corrected chi connectivity index (χ1v) is 6.17. The van der Waals surface area contributed by atoms with E-state index in [1.54, 1.807) is 45.2 Å². The maximum Gasteiger partial charge on any atom is 0.446 e. The van der Waals surface area contributed by atoms with E-state index in [1.807, 2.05) is 0 Å². The lowest BCUT2D eigenvalue weighted by Gasteiger charge is -2.08. The van der Waals surface area contributed by atoms with E-state index >= 15 is 0 Å². The van der Waals surface area contributed by atoms with E-state index in [4.69, 9.17) is 0 Å². The van der Waals surface area contributed by atoms with Crippen LogP contribution < -0.4 is 0 Å². The fourth-order valence-corrected chi connectivity index (χ4v) is 2.79. The van der Waals surface area contributed by atoms with Crippen LogP contribution in [0.1, 0.15) is 0 Å². The average molecular weight is 448 g/mol. The molecule has 1 aromatic rings. The van der Waals surface area contributed by atoms with Crippen molar-refractivity contribution in [3.05, 3.63) is 25.1 Å². The monoisotopic (exact) mass is 448 g/mol. The third-order valence-corrected chi connectivity index (χ3v) is 4.04. The minimum absolute atomic E-state index is 0.00495. The summed E-state index contributed by atoms with van der Waals surface area (Å²) in [4.78, 5) is -0.0949. The molecule has 0 bridgehead atoms. The van der Waals surface area contributed by atoms with Crippen LogP contribution in [0, 0.1) is 13.0 Å². The van der Waals surface area contributed by atoms with Gasteiger partial charge in [-0.25, -0.2) is 4.39 Å². The number of hydrogen-bond acceptors (Lipinski definition) is 1. The van der Waals surface area contributed by atoms with Gasteiger partial charge in [-0.15, -0.1) is 0 Å². The van der Waals surface area contributed by atoms with Gasteiger partial charge >= 0.3 is 5.51 Å². The van der Waals surface area contributed by atoms with E-state index in [9.17, 15) is 17.6 Å². The zero-order valence-corrected chi connectivity index (χ0v) is 11.5. The zero-order chi connectivity index (χ0) is 10.9. The highest BCUT2D eigenvalue weighted by Crippen LogP contribution is 2.40. The van der Waals surface area contributed by atoms with E-state index in [0.717, 1.165) is 0 Å². The molecule has 0 aliphatic carbocycles. The molecule has 0 N–H and O–H groups in total. The molecule has 0 nitrogen and oxygen atoms in total. The van der Waals surface area contributed by atoms with E-state index in [1.165, 1.54) is 12.1 Å². The Morgan fingerprint density at radius 2 is 1.71 bits per heavy atom. The third-order valence-electron chi connectivity index (χ3n) is 1.19. The Bertz CT molecular complexity index is 350. The largest absolute Gasteiger partial charge is 0.446 e. The van der Waals surface area contributed by atoms with Gasteiger partial charge in [0, 0.05) is 8.47 Å². The summed E-state index contributed by atoms with van der Waals surface area (Å²) in [5, 5.41) is 0. The molecule has 1 rings (SSSR count). The number of alkyl halides is 3. The Balaban J connectivity index is 3.09. The summed E-state index contributed by atoms with van der Waals surface area (Å²) in [7, 11) is 0. The molecule has 0 atom stereocenters. The summed E-state index contributed by atoms with van der Waals surface area (Å²) in [6, 6.07) is 2.51. The normalized spacial score (nSPS) is 11.9. The van der Waals surface area contributed by atoms with E-state index in [-0.39, 0.29) is 20.2 Å². The van der Waals surface area contributed by atoms with Crippen LogP contribution in [0.3, 0.4) is 0 Å². The minimum atomic E-state index is -4.38. The molecule has 0 amide bonds. The maximum atomic E-state index is 13.0. The molecule has 0 unspecified atom stereocenters. The molecule has 0 aliphatic heterocycles. The highest BCUT2D eigenvalue weighted by atomic mass is 127. The number of rotatable bonds is 1. The first kappa shape index (κ1) is 12.8. The van der Waals surface area contributed by atoms with Crippen molar-refractivity contribution in [3.63, 3.8) is 0 Å². The molecule has 1 aromatic carbocycles. The summed E-state index contributed by atoms with van der Waals surface area (Å²) < 4.78 is 49.5. The summed E-state index contributed by atoms with van der Waals surface area (Å²) in [5.41, 5.74) is -4.38. The number of benzene rings is 1.